The number of aromatic nitrogens is 2. The largest absolute Gasteiger partial charge is 0.481 e. The van der Waals surface area contributed by atoms with Gasteiger partial charge in [-0.05, 0) is 0 Å². The first kappa shape index (κ1) is 9.02. The SMILES string of the molecule is COc1cc2c(=O)cc[nH]c2c(Cl)n1. The molecule has 0 radical (unpaired) electrons. The summed E-state index contributed by atoms with van der Waals surface area (Å²) in [6, 6.07) is 2.98. The van der Waals surface area contributed by atoms with Gasteiger partial charge in [0.1, 0.15) is 0 Å². The molecule has 0 spiro atoms. The summed E-state index contributed by atoms with van der Waals surface area (Å²) in [5, 5.41) is 0.710. The van der Waals surface area contributed by atoms with E-state index in [-0.39, 0.29) is 10.6 Å². The van der Waals surface area contributed by atoms with Crippen LogP contribution in [0.25, 0.3) is 10.9 Å². The molecule has 1 N–H and O–H groups in total. The molecule has 0 atom stereocenters. The Bertz CT molecular complexity index is 536. The first-order valence-electron chi connectivity index (χ1n) is 3.94. The molecular formula is C9H7ClN2O2. The number of hydrogen-bond acceptors (Lipinski definition) is 3. The number of rotatable bonds is 1. The van der Waals surface area contributed by atoms with Crippen LogP contribution >= 0.6 is 11.6 Å². The third-order valence-corrected chi connectivity index (χ3v) is 2.16. The van der Waals surface area contributed by atoms with Crippen LogP contribution in [0.5, 0.6) is 5.88 Å². The molecule has 14 heavy (non-hydrogen) atoms. The van der Waals surface area contributed by atoms with Crippen LogP contribution in [0.4, 0.5) is 0 Å². The van der Waals surface area contributed by atoms with E-state index in [9.17, 15) is 4.79 Å². The van der Waals surface area contributed by atoms with Crippen LogP contribution in [-0.4, -0.2) is 17.1 Å². The van der Waals surface area contributed by atoms with E-state index in [0.29, 0.717) is 16.8 Å². The first-order valence-corrected chi connectivity index (χ1v) is 4.32. The Hall–Kier alpha value is -1.55. The molecule has 72 valence electrons. The predicted octanol–water partition coefficient (Wildman–Crippen LogP) is 1.59. The van der Waals surface area contributed by atoms with Crippen molar-refractivity contribution in [2.24, 2.45) is 0 Å². The second kappa shape index (κ2) is 3.31. The highest BCUT2D eigenvalue weighted by Crippen LogP contribution is 2.20. The van der Waals surface area contributed by atoms with Crippen molar-refractivity contribution in [2.45, 2.75) is 0 Å². The Kier molecular flexibility index (Phi) is 2.13. The Morgan fingerprint density at radius 3 is 3.07 bits per heavy atom. The van der Waals surface area contributed by atoms with Gasteiger partial charge in [0.05, 0.1) is 18.0 Å². The molecule has 0 saturated heterocycles. The van der Waals surface area contributed by atoms with Gasteiger partial charge in [0, 0.05) is 18.3 Å². The maximum Gasteiger partial charge on any atom is 0.215 e. The fourth-order valence-electron chi connectivity index (χ4n) is 1.22. The van der Waals surface area contributed by atoms with Crippen LogP contribution in [0.1, 0.15) is 0 Å². The summed E-state index contributed by atoms with van der Waals surface area (Å²) >= 11 is 5.85. The second-order valence-electron chi connectivity index (χ2n) is 2.72. The van der Waals surface area contributed by atoms with Gasteiger partial charge in [0.2, 0.25) is 5.88 Å². The molecule has 2 rings (SSSR count). The summed E-state index contributed by atoms with van der Waals surface area (Å²) in [5.41, 5.74) is 0.418. The number of aromatic amines is 1. The van der Waals surface area contributed by atoms with Gasteiger partial charge in [-0.25, -0.2) is 0 Å². The number of pyridine rings is 2. The molecule has 0 aliphatic rings. The van der Waals surface area contributed by atoms with E-state index in [2.05, 4.69) is 9.97 Å². The number of halogens is 1. The van der Waals surface area contributed by atoms with Gasteiger partial charge < -0.3 is 9.72 Å². The van der Waals surface area contributed by atoms with Crippen LogP contribution in [0, 0.1) is 0 Å². The molecule has 0 unspecified atom stereocenters. The lowest BCUT2D eigenvalue weighted by Crippen LogP contribution is -2.02. The fraction of sp³-hybridized carbons (Fsp3) is 0.111. The van der Waals surface area contributed by atoms with Crippen LogP contribution in [0.2, 0.25) is 5.15 Å². The van der Waals surface area contributed by atoms with Crippen LogP contribution in [0.3, 0.4) is 0 Å². The van der Waals surface area contributed by atoms with Crippen molar-refractivity contribution in [1.29, 1.82) is 0 Å². The van der Waals surface area contributed by atoms with Crippen molar-refractivity contribution in [2.75, 3.05) is 7.11 Å². The number of nitrogens with one attached hydrogen (secondary N) is 1. The minimum Gasteiger partial charge on any atom is -0.481 e. The average molecular weight is 211 g/mol. The number of methoxy groups -OCH3 is 1. The van der Waals surface area contributed by atoms with E-state index in [4.69, 9.17) is 16.3 Å². The maximum atomic E-state index is 11.4. The van der Waals surface area contributed by atoms with Gasteiger partial charge in [-0.1, -0.05) is 11.6 Å². The number of nitrogens with zero attached hydrogens (tertiary/aromatic N) is 1. The molecule has 0 aromatic carbocycles. The Morgan fingerprint density at radius 1 is 1.57 bits per heavy atom. The monoisotopic (exact) mass is 210 g/mol. The van der Waals surface area contributed by atoms with Crippen LogP contribution in [0.15, 0.2) is 23.1 Å². The highest BCUT2D eigenvalue weighted by atomic mass is 35.5. The fourth-order valence-corrected chi connectivity index (χ4v) is 1.46. The van der Waals surface area contributed by atoms with Gasteiger partial charge >= 0.3 is 0 Å². The van der Waals surface area contributed by atoms with E-state index >= 15 is 0 Å². The Balaban J connectivity index is 2.91. The van der Waals surface area contributed by atoms with Gasteiger partial charge in [0.15, 0.2) is 10.6 Å². The van der Waals surface area contributed by atoms with Crippen LogP contribution in [-0.2, 0) is 0 Å². The average Bonchev–Trinajstić information content (AvgIpc) is 2.19. The molecule has 0 fully saturated rings. The Labute approximate surface area is 84.5 Å². The minimum atomic E-state index is -0.110. The lowest BCUT2D eigenvalue weighted by atomic mass is 10.2. The summed E-state index contributed by atoms with van der Waals surface area (Å²) in [5.74, 6) is 0.333. The zero-order valence-corrected chi connectivity index (χ0v) is 8.13. The van der Waals surface area contributed by atoms with Crippen molar-refractivity contribution in [3.05, 3.63) is 33.7 Å². The molecule has 0 aliphatic carbocycles. The van der Waals surface area contributed by atoms with E-state index < -0.39 is 0 Å². The molecular weight excluding hydrogens is 204 g/mol. The molecule has 5 heteroatoms. The highest BCUT2D eigenvalue weighted by molar-refractivity contribution is 6.33. The number of H-pyrrole nitrogens is 1. The summed E-state index contributed by atoms with van der Waals surface area (Å²) in [4.78, 5) is 18.2. The van der Waals surface area contributed by atoms with E-state index in [1.54, 1.807) is 6.07 Å². The van der Waals surface area contributed by atoms with Crippen molar-refractivity contribution >= 4 is 22.5 Å². The molecule has 2 heterocycles. The maximum absolute atomic E-state index is 11.4. The lowest BCUT2D eigenvalue weighted by molar-refractivity contribution is 0.399. The third kappa shape index (κ3) is 1.33. The van der Waals surface area contributed by atoms with E-state index in [1.165, 1.54) is 19.4 Å². The topological polar surface area (TPSA) is 55.0 Å². The van der Waals surface area contributed by atoms with Gasteiger partial charge in [-0.3, -0.25) is 4.79 Å². The van der Waals surface area contributed by atoms with Crippen molar-refractivity contribution < 1.29 is 4.74 Å². The van der Waals surface area contributed by atoms with Gasteiger partial charge in [0.25, 0.3) is 0 Å². The zero-order valence-electron chi connectivity index (χ0n) is 7.37. The van der Waals surface area contributed by atoms with Gasteiger partial charge in [-0.2, -0.15) is 4.98 Å². The summed E-state index contributed by atoms with van der Waals surface area (Å²) < 4.78 is 4.91. The summed E-state index contributed by atoms with van der Waals surface area (Å²) in [7, 11) is 1.47. The standard InChI is InChI=1S/C9H7ClN2O2/c1-14-7-4-5-6(13)2-3-11-8(5)9(10)12-7/h2-4H,1H3,(H,11,13). The van der Waals surface area contributed by atoms with Crippen molar-refractivity contribution in [1.82, 2.24) is 9.97 Å². The number of hydrogen-bond donors (Lipinski definition) is 1. The lowest BCUT2D eigenvalue weighted by Gasteiger charge is -2.02. The number of ether oxygens (including phenoxy) is 1. The van der Waals surface area contributed by atoms with Gasteiger partial charge in [-0.15, -0.1) is 0 Å². The third-order valence-electron chi connectivity index (χ3n) is 1.89. The highest BCUT2D eigenvalue weighted by Gasteiger charge is 2.06. The molecule has 0 aliphatic heterocycles. The molecule has 0 amide bonds. The molecule has 4 nitrogen and oxygen atoms in total. The smallest absolute Gasteiger partial charge is 0.215 e. The molecule has 2 aromatic heterocycles. The number of fused-ring (bicyclic) bond motifs is 1. The molecule has 0 bridgehead atoms. The summed E-state index contributed by atoms with van der Waals surface area (Å²) in [6.45, 7) is 0. The summed E-state index contributed by atoms with van der Waals surface area (Å²) in [6.07, 6.45) is 1.53. The molecule has 2 aromatic rings. The Morgan fingerprint density at radius 2 is 2.36 bits per heavy atom. The normalized spacial score (nSPS) is 10.4. The van der Waals surface area contributed by atoms with E-state index in [0.717, 1.165) is 0 Å². The second-order valence-corrected chi connectivity index (χ2v) is 3.08. The minimum absolute atomic E-state index is 0.110. The zero-order chi connectivity index (χ0) is 10.1. The quantitative estimate of drug-likeness (QED) is 0.728. The van der Waals surface area contributed by atoms with E-state index in [1.807, 2.05) is 0 Å². The van der Waals surface area contributed by atoms with Crippen molar-refractivity contribution in [3.63, 3.8) is 0 Å². The molecule has 0 saturated carbocycles. The first-order chi connectivity index (χ1) is 6.72. The van der Waals surface area contributed by atoms with Crippen molar-refractivity contribution in [3.8, 4) is 5.88 Å². The van der Waals surface area contributed by atoms with Crippen LogP contribution < -0.4 is 10.2 Å². The predicted molar refractivity (Wildman–Crippen MR) is 53.9 cm³/mol.